The normalized spacial score (nSPS) is 31.0. The summed E-state index contributed by atoms with van der Waals surface area (Å²) in [6.07, 6.45) is 2.88. The van der Waals surface area contributed by atoms with Gasteiger partial charge in [-0.05, 0) is 6.92 Å². The number of nitrogen functional groups attached to an aromatic ring is 1. The van der Waals surface area contributed by atoms with E-state index in [0.717, 1.165) is 0 Å². The molecule has 24 heavy (non-hydrogen) atoms. The van der Waals surface area contributed by atoms with Crippen LogP contribution in [0.15, 0.2) is 11.5 Å². The van der Waals surface area contributed by atoms with Gasteiger partial charge in [-0.2, -0.15) is 4.91 Å². The zero-order valence-corrected chi connectivity index (χ0v) is 13.3. The van der Waals surface area contributed by atoms with Gasteiger partial charge in [0, 0.05) is 0 Å². The second-order valence-electron chi connectivity index (χ2n) is 5.49. The van der Waals surface area contributed by atoms with Crippen molar-refractivity contribution in [2.24, 2.45) is 5.18 Å². The highest BCUT2D eigenvalue weighted by Gasteiger charge is 2.57. The SMILES string of the molecule is C#C[C@@]1(O)C(O)[C@@H]([C@@H](C)N=O)O[C@H]1n1cnc2c(=S)nc(N)[nH]c21. The number of aromatic nitrogens is 4. The van der Waals surface area contributed by atoms with Gasteiger partial charge in [0.2, 0.25) is 0 Å². The number of nitroso groups, excluding NO2 is 1. The van der Waals surface area contributed by atoms with Crippen LogP contribution in [0.4, 0.5) is 5.95 Å². The van der Waals surface area contributed by atoms with Gasteiger partial charge in [-0.3, -0.25) is 4.57 Å². The van der Waals surface area contributed by atoms with Gasteiger partial charge in [0.05, 0.1) is 6.33 Å². The van der Waals surface area contributed by atoms with Crippen LogP contribution in [0, 0.1) is 21.9 Å². The highest BCUT2D eigenvalue weighted by Crippen LogP contribution is 2.40. The minimum absolute atomic E-state index is 0.0384. The molecule has 1 fully saturated rings. The number of imidazole rings is 1. The Hall–Kier alpha value is -2.39. The van der Waals surface area contributed by atoms with Crippen molar-refractivity contribution in [2.45, 2.75) is 37.0 Å². The molecule has 1 aliphatic heterocycles. The van der Waals surface area contributed by atoms with E-state index in [-0.39, 0.29) is 10.6 Å². The van der Waals surface area contributed by atoms with E-state index in [9.17, 15) is 15.1 Å². The van der Waals surface area contributed by atoms with Crippen molar-refractivity contribution in [2.75, 3.05) is 5.73 Å². The van der Waals surface area contributed by atoms with E-state index in [4.69, 9.17) is 29.1 Å². The molecule has 1 saturated heterocycles. The number of hydrogen-bond donors (Lipinski definition) is 4. The van der Waals surface area contributed by atoms with Crippen LogP contribution in [0.3, 0.4) is 0 Å². The lowest BCUT2D eigenvalue weighted by Gasteiger charge is -2.26. The van der Waals surface area contributed by atoms with E-state index >= 15 is 0 Å². The van der Waals surface area contributed by atoms with Crippen LogP contribution in [0.5, 0.6) is 0 Å². The molecular weight excluding hydrogens is 336 g/mol. The number of fused-ring (bicyclic) bond motifs is 1. The number of nitrogens with zero attached hydrogens (tertiary/aromatic N) is 4. The van der Waals surface area contributed by atoms with E-state index in [1.54, 1.807) is 0 Å². The predicted octanol–water partition coefficient (Wildman–Crippen LogP) is -0.151. The average Bonchev–Trinajstić information content (AvgIpc) is 3.07. The van der Waals surface area contributed by atoms with Gasteiger partial charge in [-0.15, -0.1) is 6.42 Å². The van der Waals surface area contributed by atoms with E-state index in [0.29, 0.717) is 11.2 Å². The number of rotatable bonds is 3. The Morgan fingerprint density at radius 1 is 1.71 bits per heavy atom. The molecule has 0 amide bonds. The first kappa shape index (κ1) is 16.5. The largest absolute Gasteiger partial charge is 0.386 e. The third-order valence-electron chi connectivity index (χ3n) is 4.02. The molecule has 5 atom stereocenters. The first-order valence-electron chi connectivity index (χ1n) is 6.92. The van der Waals surface area contributed by atoms with Crippen LogP contribution >= 0.6 is 12.2 Å². The Kier molecular flexibility index (Phi) is 3.84. The van der Waals surface area contributed by atoms with Crippen molar-refractivity contribution in [3.63, 3.8) is 0 Å². The number of aliphatic hydroxyl groups excluding tert-OH is 1. The summed E-state index contributed by atoms with van der Waals surface area (Å²) in [6, 6.07) is -0.926. The Bertz CT molecular complexity index is 904. The van der Waals surface area contributed by atoms with E-state index in [1.165, 1.54) is 17.8 Å². The van der Waals surface area contributed by atoms with Gasteiger partial charge in [0.15, 0.2) is 22.4 Å². The fourth-order valence-electron chi connectivity index (χ4n) is 2.73. The lowest BCUT2D eigenvalue weighted by atomic mass is 9.92. The van der Waals surface area contributed by atoms with Crippen LogP contribution in [0.1, 0.15) is 13.2 Å². The van der Waals surface area contributed by atoms with E-state index < -0.39 is 30.1 Å². The second kappa shape index (κ2) is 5.60. The Balaban J connectivity index is 2.16. The molecule has 2 aromatic rings. The van der Waals surface area contributed by atoms with Gasteiger partial charge < -0.3 is 25.7 Å². The maximum absolute atomic E-state index is 10.8. The van der Waals surface area contributed by atoms with Crippen molar-refractivity contribution in [1.82, 2.24) is 19.5 Å². The number of nitrogens with two attached hydrogens (primary N) is 1. The van der Waals surface area contributed by atoms with Crippen LogP contribution in [0.25, 0.3) is 11.2 Å². The van der Waals surface area contributed by atoms with Crippen molar-refractivity contribution < 1.29 is 14.9 Å². The molecule has 0 aromatic carbocycles. The molecule has 0 radical (unpaired) electrons. The Morgan fingerprint density at radius 3 is 3.04 bits per heavy atom. The maximum Gasteiger partial charge on any atom is 0.200 e. The molecule has 0 aliphatic carbocycles. The molecule has 126 valence electrons. The fraction of sp³-hybridized carbons (Fsp3) is 0.462. The lowest BCUT2D eigenvalue weighted by molar-refractivity contribution is -0.0694. The number of terminal acetylenes is 1. The van der Waals surface area contributed by atoms with Crippen molar-refractivity contribution in [1.29, 1.82) is 0 Å². The monoisotopic (exact) mass is 350 g/mol. The van der Waals surface area contributed by atoms with E-state index in [2.05, 4.69) is 26.0 Å². The number of hydrogen-bond acceptors (Lipinski definition) is 9. The molecule has 0 bridgehead atoms. The highest BCUT2D eigenvalue weighted by molar-refractivity contribution is 7.71. The van der Waals surface area contributed by atoms with Gasteiger partial charge in [-0.1, -0.05) is 23.3 Å². The molecule has 1 unspecified atom stereocenters. The molecule has 0 saturated carbocycles. The zero-order chi connectivity index (χ0) is 17.6. The molecule has 10 nitrogen and oxygen atoms in total. The number of ether oxygens (including phenoxy) is 1. The zero-order valence-electron chi connectivity index (χ0n) is 12.4. The third kappa shape index (κ3) is 2.20. The number of H-pyrrole nitrogens is 1. The fourth-order valence-corrected chi connectivity index (χ4v) is 2.97. The minimum Gasteiger partial charge on any atom is -0.386 e. The van der Waals surface area contributed by atoms with E-state index in [1.807, 2.05) is 0 Å². The Morgan fingerprint density at radius 2 is 2.42 bits per heavy atom. The molecule has 11 heteroatoms. The molecule has 3 heterocycles. The highest BCUT2D eigenvalue weighted by atomic mass is 32.1. The topological polar surface area (TPSA) is 152 Å². The van der Waals surface area contributed by atoms with Crippen LogP contribution in [-0.2, 0) is 4.74 Å². The maximum atomic E-state index is 10.8. The summed E-state index contributed by atoms with van der Waals surface area (Å²) in [5, 5.41) is 23.9. The summed E-state index contributed by atoms with van der Waals surface area (Å²) in [5.41, 5.74) is 4.18. The molecule has 2 aromatic heterocycles. The third-order valence-corrected chi connectivity index (χ3v) is 4.30. The van der Waals surface area contributed by atoms with Gasteiger partial charge in [0.25, 0.3) is 0 Å². The second-order valence-corrected chi connectivity index (χ2v) is 5.88. The molecule has 1 aliphatic rings. The average molecular weight is 350 g/mol. The number of anilines is 1. The smallest absolute Gasteiger partial charge is 0.200 e. The summed E-state index contributed by atoms with van der Waals surface area (Å²) in [7, 11) is 0. The first-order valence-corrected chi connectivity index (χ1v) is 7.32. The predicted molar refractivity (Wildman–Crippen MR) is 86.1 cm³/mol. The number of nitrogens with one attached hydrogen (secondary N) is 1. The molecule has 5 N–H and O–H groups in total. The van der Waals surface area contributed by atoms with Gasteiger partial charge >= 0.3 is 0 Å². The lowest BCUT2D eigenvalue weighted by Crippen LogP contribution is -2.46. The molecule has 0 spiro atoms. The summed E-state index contributed by atoms with van der Waals surface area (Å²) in [6.45, 7) is 1.45. The number of aliphatic hydroxyl groups is 2. The molecular formula is C13H14N6O4S. The van der Waals surface area contributed by atoms with Crippen molar-refractivity contribution in [3.8, 4) is 12.3 Å². The quantitative estimate of drug-likeness (QED) is 0.339. The first-order chi connectivity index (χ1) is 11.3. The van der Waals surface area contributed by atoms with Gasteiger partial charge in [-0.25, -0.2) is 9.97 Å². The van der Waals surface area contributed by atoms with Crippen molar-refractivity contribution in [3.05, 3.63) is 15.9 Å². The summed E-state index contributed by atoms with van der Waals surface area (Å²) >= 11 is 5.09. The van der Waals surface area contributed by atoms with Crippen molar-refractivity contribution >= 4 is 29.3 Å². The van der Waals surface area contributed by atoms with Crippen LogP contribution in [0.2, 0.25) is 0 Å². The standard InChI is InChI=1S/C13H14N6O4S/c1-3-13(21)8(20)7(5(2)18-22)23-11(13)19-4-15-6-9(19)16-12(14)17-10(6)24/h1,4-5,7-8,11,20-21H,2H3,(H3,14,16,17,24)/t5-,7-,8?,11-,13-/m1/s1. The minimum atomic E-state index is -2.11. The molecule has 3 rings (SSSR count). The van der Waals surface area contributed by atoms with Gasteiger partial charge in [0.1, 0.15) is 29.4 Å². The number of aromatic amines is 1. The summed E-state index contributed by atoms with van der Waals surface area (Å²) < 4.78 is 7.14. The van der Waals surface area contributed by atoms with Crippen LogP contribution in [-0.4, -0.2) is 53.6 Å². The Labute approximate surface area is 140 Å². The summed E-state index contributed by atoms with van der Waals surface area (Å²) in [4.78, 5) is 21.5. The van der Waals surface area contributed by atoms with Crippen LogP contribution < -0.4 is 5.73 Å². The summed E-state index contributed by atoms with van der Waals surface area (Å²) in [5.74, 6) is 2.17.